The van der Waals surface area contributed by atoms with Gasteiger partial charge >= 0.3 is 0 Å². The lowest BCUT2D eigenvalue weighted by atomic mass is 9.90. The molecular weight excluding hydrogens is 336 g/mol. The van der Waals surface area contributed by atoms with Crippen molar-refractivity contribution in [3.8, 4) is 17.2 Å². The minimum absolute atomic E-state index is 0.0855. The first kappa shape index (κ1) is 16.0. The molecule has 4 rings (SSSR count). The first-order valence-corrected chi connectivity index (χ1v) is 8.58. The van der Waals surface area contributed by atoms with Crippen LogP contribution in [0.2, 0.25) is 0 Å². The Morgan fingerprint density at radius 3 is 2.60 bits per heavy atom. The molecule has 2 aromatic carbocycles. The van der Waals surface area contributed by atoms with Gasteiger partial charge in [-0.15, -0.1) is 0 Å². The summed E-state index contributed by atoms with van der Waals surface area (Å²) >= 11 is 5.68. The normalized spacial score (nSPS) is 24.0. The second kappa shape index (κ2) is 5.81. The highest BCUT2D eigenvalue weighted by Gasteiger charge is 2.49. The Morgan fingerprint density at radius 1 is 1.12 bits per heavy atom. The second-order valence-electron chi connectivity index (χ2n) is 6.37. The van der Waals surface area contributed by atoms with Crippen molar-refractivity contribution in [1.29, 1.82) is 0 Å². The Hall–Kier alpha value is -2.47. The Labute approximate surface area is 152 Å². The maximum atomic E-state index is 6.47. The summed E-state index contributed by atoms with van der Waals surface area (Å²) in [5.41, 5.74) is 1.31. The van der Waals surface area contributed by atoms with Crippen LogP contribution < -0.4 is 24.4 Å². The van der Waals surface area contributed by atoms with Gasteiger partial charge < -0.3 is 19.5 Å². The molecular formula is C19H20N2O3S. The van der Waals surface area contributed by atoms with Crippen molar-refractivity contribution in [3.05, 3.63) is 48.0 Å². The Balaban J connectivity index is 1.84. The molecule has 2 atom stereocenters. The van der Waals surface area contributed by atoms with E-state index in [1.54, 1.807) is 14.2 Å². The molecule has 2 aliphatic heterocycles. The van der Waals surface area contributed by atoms with Gasteiger partial charge in [0.15, 0.2) is 22.3 Å². The van der Waals surface area contributed by atoms with Crippen LogP contribution in [0.4, 0.5) is 5.69 Å². The fraction of sp³-hybridized carbons (Fsp3) is 0.316. The molecule has 0 radical (unpaired) electrons. The average Bonchev–Trinajstić information content (AvgIpc) is 2.61. The summed E-state index contributed by atoms with van der Waals surface area (Å²) < 4.78 is 17.5. The number of methoxy groups -OCH3 is 2. The van der Waals surface area contributed by atoms with Crippen molar-refractivity contribution in [1.82, 2.24) is 5.32 Å². The zero-order valence-electron chi connectivity index (χ0n) is 14.4. The smallest absolute Gasteiger partial charge is 0.188 e. The summed E-state index contributed by atoms with van der Waals surface area (Å²) in [6.07, 6.45) is 0.755. The van der Waals surface area contributed by atoms with E-state index in [4.69, 9.17) is 26.4 Å². The molecule has 6 heteroatoms. The second-order valence-corrected chi connectivity index (χ2v) is 6.76. The van der Waals surface area contributed by atoms with Crippen molar-refractivity contribution >= 4 is 23.0 Å². The Bertz CT molecular complexity index is 841. The van der Waals surface area contributed by atoms with Gasteiger partial charge in [0, 0.05) is 12.0 Å². The summed E-state index contributed by atoms with van der Waals surface area (Å²) in [6.45, 7) is 2.05. The molecule has 130 valence electrons. The van der Waals surface area contributed by atoms with Crippen LogP contribution in [0.3, 0.4) is 0 Å². The average molecular weight is 356 g/mol. The van der Waals surface area contributed by atoms with Crippen molar-refractivity contribution in [2.75, 3.05) is 19.1 Å². The summed E-state index contributed by atoms with van der Waals surface area (Å²) in [6, 6.07) is 13.8. The van der Waals surface area contributed by atoms with Crippen LogP contribution in [0.25, 0.3) is 0 Å². The molecule has 0 spiro atoms. The van der Waals surface area contributed by atoms with Crippen LogP contribution in [0.15, 0.2) is 42.5 Å². The van der Waals surface area contributed by atoms with E-state index in [9.17, 15) is 0 Å². The highest BCUT2D eigenvalue weighted by atomic mass is 32.1. The van der Waals surface area contributed by atoms with Gasteiger partial charge in [-0.1, -0.05) is 24.3 Å². The van der Waals surface area contributed by atoms with Crippen molar-refractivity contribution < 1.29 is 14.2 Å². The zero-order chi connectivity index (χ0) is 17.6. The van der Waals surface area contributed by atoms with Gasteiger partial charge in [-0.2, -0.15) is 0 Å². The Kier molecular flexibility index (Phi) is 3.72. The van der Waals surface area contributed by atoms with E-state index in [1.807, 2.05) is 41.3 Å². The molecule has 2 heterocycles. The van der Waals surface area contributed by atoms with Gasteiger partial charge in [0.05, 0.1) is 25.9 Å². The lowest BCUT2D eigenvalue weighted by molar-refractivity contribution is 0.0461. The predicted molar refractivity (Wildman–Crippen MR) is 101 cm³/mol. The largest absolute Gasteiger partial charge is 0.495 e. The number of nitrogens with one attached hydrogen (secondary N) is 1. The van der Waals surface area contributed by atoms with Gasteiger partial charge in [-0.05, 0) is 37.3 Å². The lowest BCUT2D eigenvalue weighted by Crippen LogP contribution is -2.65. The highest BCUT2D eigenvalue weighted by Crippen LogP contribution is 2.50. The topological polar surface area (TPSA) is 43.0 Å². The maximum Gasteiger partial charge on any atom is 0.188 e. The summed E-state index contributed by atoms with van der Waals surface area (Å²) in [7, 11) is 3.31. The van der Waals surface area contributed by atoms with Gasteiger partial charge in [-0.25, -0.2) is 0 Å². The molecule has 0 saturated carbocycles. The summed E-state index contributed by atoms with van der Waals surface area (Å²) in [5, 5.41) is 4.07. The first-order valence-electron chi connectivity index (χ1n) is 8.17. The minimum atomic E-state index is -0.636. The molecule has 2 bridgehead atoms. The van der Waals surface area contributed by atoms with Gasteiger partial charge in [0.25, 0.3) is 0 Å². The standard InChI is InChI=1S/C19H20N2O3S/c1-19-11-13(12-7-6-10-16(23-3)17(12)24-19)20-18(25)21(19)14-8-4-5-9-15(14)22-2/h4-10,13H,11H2,1-3H3,(H,20,25). The molecule has 2 unspecified atom stereocenters. The van der Waals surface area contributed by atoms with E-state index in [0.717, 1.165) is 34.9 Å². The fourth-order valence-electron chi connectivity index (χ4n) is 3.70. The van der Waals surface area contributed by atoms with Crippen molar-refractivity contribution in [2.45, 2.75) is 25.1 Å². The molecule has 1 saturated heterocycles. The number of para-hydroxylation sites is 3. The lowest BCUT2D eigenvalue weighted by Gasteiger charge is -2.52. The van der Waals surface area contributed by atoms with E-state index in [2.05, 4.69) is 18.3 Å². The molecule has 2 aliphatic rings. The molecule has 25 heavy (non-hydrogen) atoms. The molecule has 0 amide bonds. The van der Waals surface area contributed by atoms with Gasteiger partial charge in [-0.3, -0.25) is 4.90 Å². The summed E-state index contributed by atoms with van der Waals surface area (Å²) in [4.78, 5) is 1.99. The first-order chi connectivity index (χ1) is 12.1. The minimum Gasteiger partial charge on any atom is -0.495 e. The number of hydrogen-bond donors (Lipinski definition) is 1. The third kappa shape index (κ3) is 2.40. The maximum absolute atomic E-state index is 6.47. The number of hydrogen-bond acceptors (Lipinski definition) is 4. The fourth-order valence-corrected chi connectivity index (χ4v) is 4.13. The number of anilines is 1. The number of fused-ring (bicyclic) bond motifs is 4. The van der Waals surface area contributed by atoms with Crippen LogP contribution >= 0.6 is 12.2 Å². The SMILES string of the molecule is COc1ccccc1N1C(=S)NC2CC1(C)Oc1c(OC)cccc12. The van der Waals surface area contributed by atoms with Crippen LogP contribution in [-0.2, 0) is 0 Å². The van der Waals surface area contributed by atoms with E-state index in [-0.39, 0.29) is 6.04 Å². The molecule has 2 aromatic rings. The number of ether oxygens (including phenoxy) is 3. The summed E-state index contributed by atoms with van der Waals surface area (Å²) in [5.74, 6) is 2.24. The molecule has 0 aliphatic carbocycles. The quantitative estimate of drug-likeness (QED) is 0.847. The zero-order valence-corrected chi connectivity index (χ0v) is 15.2. The van der Waals surface area contributed by atoms with E-state index >= 15 is 0 Å². The van der Waals surface area contributed by atoms with Crippen LogP contribution in [-0.4, -0.2) is 25.1 Å². The molecule has 0 aromatic heterocycles. The van der Waals surface area contributed by atoms with Gasteiger partial charge in [0.2, 0.25) is 0 Å². The number of thiocarbonyl (C=S) groups is 1. The monoisotopic (exact) mass is 356 g/mol. The molecule has 1 fully saturated rings. The number of nitrogens with zero attached hydrogens (tertiary/aromatic N) is 1. The Morgan fingerprint density at radius 2 is 1.84 bits per heavy atom. The van der Waals surface area contributed by atoms with E-state index in [1.165, 1.54) is 0 Å². The van der Waals surface area contributed by atoms with E-state index < -0.39 is 5.72 Å². The number of rotatable bonds is 3. The third-order valence-corrected chi connectivity index (χ3v) is 5.11. The van der Waals surface area contributed by atoms with E-state index in [0.29, 0.717) is 5.11 Å². The van der Waals surface area contributed by atoms with Crippen molar-refractivity contribution in [3.63, 3.8) is 0 Å². The van der Waals surface area contributed by atoms with Crippen molar-refractivity contribution in [2.24, 2.45) is 0 Å². The molecule has 1 N–H and O–H groups in total. The van der Waals surface area contributed by atoms with Gasteiger partial charge in [0.1, 0.15) is 5.75 Å². The third-order valence-electron chi connectivity index (χ3n) is 4.81. The highest BCUT2D eigenvalue weighted by molar-refractivity contribution is 7.80. The molecule has 5 nitrogen and oxygen atoms in total. The van der Waals surface area contributed by atoms with Crippen LogP contribution in [0.5, 0.6) is 17.2 Å². The predicted octanol–water partition coefficient (Wildman–Crippen LogP) is 3.64. The van der Waals surface area contributed by atoms with Crippen LogP contribution in [0.1, 0.15) is 24.9 Å². The van der Waals surface area contributed by atoms with Crippen LogP contribution in [0, 0.1) is 0 Å². The number of benzene rings is 2.